The molecule has 1 aliphatic heterocycles. The fraction of sp³-hybridized carbons (Fsp3) is 0.600. The van der Waals surface area contributed by atoms with Crippen LogP contribution in [0.2, 0.25) is 4.34 Å². The first kappa shape index (κ1) is 16.2. The topological polar surface area (TPSA) is 58.2 Å². The first-order valence-corrected chi connectivity index (χ1v) is 8.16. The van der Waals surface area contributed by atoms with Crippen molar-refractivity contribution in [3.63, 3.8) is 0 Å². The molecule has 0 spiro atoms. The van der Waals surface area contributed by atoms with Crippen molar-refractivity contribution in [3.8, 4) is 0 Å². The van der Waals surface area contributed by atoms with Crippen molar-refractivity contribution in [1.82, 2.24) is 10.0 Å². The van der Waals surface area contributed by atoms with Crippen molar-refractivity contribution in [1.29, 1.82) is 0 Å². The monoisotopic (exact) mass is 330 g/mol. The number of nitrogens with one attached hydrogen (secondary N) is 2. The highest BCUT2D eigenvalue weighted by atomic mass is 35.5. The molecule has 1 aromatic heterocycles. The van der Waals surface area contributed by atoms with Crippen LogP contribution in [0, 0.1) is 6.92 Å². The van der Waals surface area contributed by atoms with E-state index in [9.17, 15) is 8.42 Å². The van der Waals surface area contributed by atoms with Crippen LogP contribution < -0.4 is 10.0 Å². The summed E-state index contributed by atoms with van der Waals surface area (Å²) >= 11 is 7.00. The van der Waals surface area contributed by atoms with Crippen LogP contribution in [0.25, 0.3) is 0 Å². The van der Waals surface area contributed by atoms with Crippen molar-refractivity contribution in [2.24, 2.45) is 0 Å². The van der Waals surface area contributed by atoms with E-state index in [1.165, 1.54) is 0 Å². The minimum Gasteiger partial charge on any atom is -0.317 e. The van der Waals surface area contributed by atoms with Gasteiger partial charge in [0.15, 0.2) is 0 Å². The molecule has 0 aliphatic carbocycles. The summed E-state index contributed by atoms with van der Waals surface area (Å²) in [4.78, 5) is 0. The van der Waals surface area contributed by atoms with Gasteiger partial charge in [0.2, 0.25) is 10.0 Å². The molecule has 0 saturated carbocycles. The van der Waals surface area contributed by atoms with Gasteiger partial charge in [0.25, 0.3) is 0 Å². The van der Waals surface area contributed by atoms with Crippen LogP contribution in [-0.4, -0.2) is 27.5 Å². The third-order valence-electron chi connectivity index (χ3n) is 2.76. The summed E-state index contributed by atoms with van der Waals surface area (Å²) in [6, 6.07) is 1.65. The Balaban J connectivity index is 0.00000162. The molecule has 2 rings (SSSR count). The van der Waals surface area contributed by atoms with Crippen LogP contribution in [0.15, 0.2) is 10.3 Å². The Labute approximate surface area is 123 Å². The van der Waals surface area contributed by atoms with Crippen molar-refractivity contribution in [2.45, 2.75) is 30.0 Å². The van der Waals surface area contributed by atoms with Gasteiger partial charge in [-0.15, -0.1) is 23.7 Å². The van der Waals surface area contributed by atoms with Gasteiger partial charge in [-0.3, -0.25) is 0 Å². The lowest BCUT2D eigenvalue weighted by molar-refractivity contribution is 0.427. The molecule has 0 unspecified atom stereocenters. The molecule has 1 aliphatic rings. The second kappa shape index (κ2) is 6.54. The van der Waals surface area contributed by atoms with E-state index in [0.717, 1.165) is 42.8 Å². The number of rotatable bonds is 3. The van der Waals surface area contributed by atoms with E-state index in [4.69, 9.17) is 11.6 Å². The third-order valence-corrected chi connectivity index (χ3v) is 6.31. The molecule has 0 radical (unpaired) electrons. The van der Waals surface area contributed by atoms with E-state index < -0.39 is 10.0 Å². The Morgan fingerprint density at radius 2 is 2.06 bits per heavy atom. The molecule has 104 valence electrons. The predicted molar refractivity (Wildman–Crippen MR) is 77.5 cm³/mol. The number of thiophene rings is 1. The van der Waals surface area contributed by atoms with Crippen molar-refractivity contribution >= 4 is 45.4 Å². The number of hydrogen-bond donors (Lipinski definition) is 2. The molecule has 0 bridgehead atoms. The number of halogens is 2. The maximum atomic E-state index is 12.1. The van der Waals surface area contributed by atoms with Gasteiger partial charge < -0.3 is 5.32 Å². The van der Waals surface area contributed by atoms with Crippen LogP contribution in [0.3, 0.4) is 0 Å². The number of hydrogen-bond acceptors (Lipinski definition) is 4. The molecule has 0 atom stereocenters. The molecule has 0 amide bonds. The second-order valence-electron chi connectivity index (χ2n) is 4.17. The van der Waals surface area contributed by atoms with Crippen molar-refractivity contribution in [3.05, 3.63) is 16.0 Å². The third kappa shape index (κ3) is 3.82. The molecular formula is C10H16Cl2N2O2S2. The Bertz CT molecular complexity index is 476. The summed E-state index contributed by atoms with van der Waals surface area (Å²) in [5, 5.41) is 3.20. The van der Waals surface area contributed by atoms with E-state index in [1.807, 2.05) is 6.92 Å². The zero-order chi connectivity index (χ0) is 12.5. The van der Waals surface area contributed by atoms with E-state index in [2.05, 4.69) is 10.0 Å². The van der Waals surface area contributed by atoms with Crippen LogP contribution in [0.5, 0.6) is 0 Å². The molecular weight excluding hydrogens is 315 g/mol. The second-order valence-corrected chi connectivity index (χ2v) is 7.76. The van der Waals surface area contributed by atoms with Gasteiger partial charge in [-0.2, -0.15) is 0 Å². The lowest BCUT2D eigenvalue weighted by Crippen LogP contribution is -2.42. The lowest BCUT2D eigenvalue weighted by atomic mass is 10.1. The van der Waals surface area contributed by atoms with E-state index in [-0.39, 0.29) is 18.4 Å². The van der Waals surface area contributed by atoms with Gasteiger partial charge in [0, 0.05) is 6.04 Å². The zero-order valence-electron chi connectivity index (χ0n) is 9.90. The molecule has 2 heterocycles. The molecule has 1 saturated heterocycles. The van der Waals surface area contributed by atoms with Crippen LogP contribution in [0.1, 0.15) is 18.4 Å². The number of aryl methyl sites for hydroxylation is 1. The standard InChI is InChI=1S/C10H15ClN2O2S2.ClH/c1-7-6-9(16-10(7)11)17(14,15)13-8-2-4-12-5-3-8;/h6,8,12-13H,2-5H2,1H3;1H. The lowest BCUT2D eigenvalue weighted by Gasteiger charge is -2.23. The Kier molecular flexibility index (Phi) is 5.89. The molecule has 18 heavy (non-hydrogen) atoms. The Morgan fingerprint density at radius 3 is 2.56 bits per heavy atom. The Hall–Kier alpha value is 0.150. The summed E-state index contributed by atoms with van der Waals surface area (Å²) < 4.78 is 27.8. The van der Waals surface area contributed by atoms with E-state index in [0.29, 0.717) is 8.55 Å². The van der Waals surface area contributed by atoms with Gasteiger partial charge in [-0.05, 0) is 44.5 Å². The fourth-order valence-electron chi connectivity index (χ4n) is 1.78. The molecule has 0 aromatic carbocycles. The summed E-state index contributed by atoms with van der Waals surface area (Å²) in [5.41, 5.74) is 0.808. The van der Waals surface area contributed by atoms with E-state index >= 15 is 0 Å². The number of piperidine rings is 1. The first-order valence-electron chi connectivity index (χ1n) is 5.48. The van der Waals surface area contributed by atoms with Gasteiger partial charge in [0.05, 0.1) is 4.34 Å². The average Bonchev–Trinajstić information content (AvgIpc) is 2.61. The highest BCUT2D eigenvalue weighted by molar-refractivity contribution is 7.91. The highest BCUT2D eigenvalue weighted by Crippen LogP contribution is 2.30. The first-order chi connectivity index (χ1) is 7.99. The Morgan fingerprint density at radius 1 is 1.44 bits per heavy atom. The predicted octanol–water partition coefficient (Wildman–Crippen LogP) is 2.16. The maximum Gasteiger partial charge on any atom is 0.250 e. The summed E-state index contributed by atoms with van der Waals surface area (Å²) in [5.74, 6) is 0. The van der Waals surface area contributed by atoms with E-state index in [1.54, 1.807) is 6.07 Å². The van der Waals surface area contributed by atoms with Gasteiger partial charge in [0.1, 0.15) is 4.21 Å². The summed E-state index contributed by atoms with van der Waals surface area (Å²) in [6.45, 7) is 3.53. The average molecular weight is 331 g/mol. The van der Waals surface area contributed by atoms with Crippen LogP contribution >= 0.6 is 35.3 Å². The smallest absolute Gasteiger partial charge is 0.250 e. The summed E-state index contributed by atoms with van der Waals surface area (Å²) in [7, 11) is -3.41. The summed E-state index contributed by atoms with van der Waals surface area (Å²) in [6.07, 6.45) is 1.66. The van der Waals surface area contributed by atoms with Crippen LogP contribution in [-0.2, 0) is 10.0 Å². The minimum atomic E-state index is -3.41. The SMILES string of the molecule is Cc1cc(S(=O)(=O)NC2CCNCC2)sc1Cl.Cl. The fourth-order valence-corrected chi connectivity index (χ4v) is 4.81. The van der Waals surface area contributed by atoms with Gasteiger partial charge >= 0.3 is 0 Å². The largest absolute Gasteiger partial charge is 0.317 e. The van der Waals surface area contributed by atoms with Crippen molar-refractivity contribution in [2.75, 3.05) is 13.1 Å². The molecule has 1 fully saturated rings. The van der Waals surface area contributed by atoms with Crippen LogP contribution in [0.4, 0.5) is 0 Å². The molecule has 2 N–H and O–H groups in total. The maximum absolute atomic E-state index is 12.1. The van der Waals surface area contributed by atoms with Crippen molar-refractivity contribution < 1.29 is 8.42 Å². The minimum absolute atomic E-state index is 0. The normalized spacial score (nSPS) is 17.4. The van der Waals surface area contributed by atoms with Gasteiger partial charge in [-0.25, -0.2) is 13.1 Å². The zero-order valence-corrected chi connectivity index (χ0v) is 13.1. The van der Waals surface area contributed by atoms with Gasteiger partial charge in [-0.1, -0.05) is 11.6 Å². The highest BCUT2D eigenvalue weighted by Gasteiger charge is 2.23. The molecule has 1 aromatic rings. The molecule has 8 heteroatoms. The number of sulfonamides is 1. The quantitative estimate of drug-likeness (QED) is 0.892. The molecule has 4 nitrogen and oxygen atoms in total.